The summed E-state index contributed by atoms with van der Waals surface area (Å²) in [5.74, 6) is 0.498. The quantitative estimate of drug-likeness (QED) is 0.437. The molecule has 1 amide bonds. The van der Waals surface area contributed by atoms with E-state index in [-0.39, 0.29) is 10.8 Å². The Balaban J connectivity index is 1.39. The highest BCUT2D eigenvalue weighted by Gasteiger charge is 2.27. The van der Waals surface area contributed by atoms with Crippen molar-refractivity contribution in [1.82, 2.24) is 4.31 Å². The molecule has 1 fully saturated rings. The van der Waals surface area contributed by atoms with Crippen LogP contribution in [0.3, 0.4) is 0 Å². The Bertz CT molecular complexity index is 1190. The molecule has 1 heterocycles. The van der Waals surface area contributed by atoms with E-state index in [1.54, 1.807) is 42.1 Å². The molecule has 3 aromatic rings. The zero-order valence-corrected chi connectivity index (χ0v) is 19.7. The first-order valence-electron chi connectivity index (χ1n) is 10.3. The minimum atomic E-state index is -3.53. The summed E-state index contributed by atoms with van der Waals surface area (Å²) in [6.45, 7) is 1.09. The maximum absolute atomic E-state index is 12.8. The van der Waals surface area contributed by atoms with E-state index in [2.05, 4.69) is 5.32 Å². The summed E-state index contributed by atoms with van der Waals surface area (Å²) >= 11 is 7.61. The predicted octanol–water partition coefficient (Wildman–Crippen LogP) is 5.67. The number of thioether (sulfide) groups is 1. The fourth-order valence-electron chi connectivity index (χ4n) is 3.46. The van der Waals surface area contributed by atoms with Crippen LogP contribution in [0.2, 0.25) is 5.02 Å². The van der Waals surface area contributed by atoms with E-state index in [9.17, 15) is 13.2 Å². The molecule has 0 aromatic heterocycles. The normalized spacial score (nSPS) is 14.4. The van der Waals surface area contributed by atoms with Gasteiger partial charge >= 0.3 is 0 Å². The van der Waals surface area contributed by atoms with Gasteiger partial charge in [0.1, 0.15) is 0 Å². The average molecular weight is 487 g/mol. The summed E-state index contributed by atoms with van der Waals surface area (Å²) in [7, 11) is -3.53. The van der Waals surface area contributed by atoms with E-state index >= 15 is 0 Å². The van der Waals surface area contributed by atoms with Crippen molar-refractivity contribution >= 4 is 45.0 Å². The van der Waals surface area contributed by atoms with Gasteiger partial charge in [-0.05, 0) is 73.0 Å². The Morgan fingerprint density at radius 3 is 2.34 bits per heavy atom. The van der Waals surface area contributed by atoms with Crippen molar-refractivity contribution in [2.75, 3.05) is 18.4 Å². The molecule has 32 heavy (non-hydrogen) atoms. The maximum Gasteiger partial charge on any atom is 0.255 e. The summed E-state index contributed by atoms with van der Waals surface area (Å²) in [4.78, 5) is 14.0. The van der Waals surface area contributed by atoms with Crippen molar-refractivity contribution in [2.45, 2.75) is 28.4 Å². The van der Waals surface area contributed by atoms with Crippen LogP contribution in [-0.4, -0.2) is 31.7 Å². The van der Waals surface area contributed by atoms with E-state index in [1.807, 2.05) is 36.4 Å². The molecule has 0 radical (unpaired) electrons. The van der Waals surface area contributed by atoms with Gasteiger partial charge in [-0.15, -0.1) is 11.8 Å². The molecule has 1 aliphatic rings. The van der Waals surface area contributed by atoms with Crippen LogP contribution in [0.4, 0.5) is 5.69 Å². The Labute approximate surface area is 197 Å². The number of carbonyl (C=O) groups excluding carboxylic acids is 1. The lowest BCUT2D eigenvalue weighted by atomic mass is 10.1. The first kappa shape index (κ1) is 22.9. The molecular formula is C24H23ClN2O3S2. The van der Waals surface area contributed by atoms with Gasteiger partial charge in [-0.3, -0.25) is 4.79 Å². The SMILES string of the molecule is O=C(Nc1cccc(S(=O)(=O)N2CCCC2)c1)c1ccc(CSc2ccc(Cl)cc2)cc1. The molecule has 0 saturated carbocycles. The second-order valence-electron chi connectivity index (χ2n) is 7.53. The molecule has 166 valence electrons. The molecule has 1 saturated heterocycles. The van der Waals surface area contributed by atoms with Gasteiger partial charge in [0.25, 0.3) is 5.91 Å². The number of nitrogens with one attached hydrogen (secondary N) is 1. The van der Waals surface area contributed by atoms with E-state index in [0.717, 1.165) is 29.1 Å². The summed E-state index contributed by atoms with van der Waals surface area (Å²) in [6.07, 6.45) is 1.76. The van der Waals surface area contributed by atoms with E-state index in [0.29, 0.717) is 29.4 Å². The highest BCUT2D eigenvalue weighted by atomic mass is 35.5. The van der Waals surface area contributed by atoms with Crippen LogP contribution in [0.25, 0.3) is 0 Å². The Morgan fingerprint density at radius 1 is 0.969 bits per heavy atom. The van der Waals surface area contributed by atoms with E-state index < -0.39 is 10.0 Å². The highest BCUT2D eigenvalue weighted by molar-refractivity contribution is 7.98. The molecule has 1 N–H and O–H groups in total. The van der Waals surface area contributed by atoms with Crippen molar-refractivity contribution < 1.29 is 13.2 Å². The van der Waals surface area contributed by atoms with E-state index in [4.69, 9.17) is 11.6 Å². The predicted molar refractivity (Wildman–Crippen MR) is 130 cm³/mol. The van der Waals surface area contributed by atoms with Crippen molar-refractivity contribution in [2.24, 2.45) is 0 Å². The maximum atomic E-state index is 12.8. The number of carbonyl (C=O) groups is 1. The van der Waals surface area contributed by atoms with Crippen LogP contribution in [0.1, 0.15) is 28.8 Å². The van der Waals surface area contributed by atoms with Crippen LogP contribution >= 0.6 is 23.4 Å². The lowest BCUT2D eigenvalue weighted by Gasteiger charge is -2.16. The Morgan fingerprint density at radius 2 is 1.66 bits per heavy atom. The smallest absolute Gasteiger partial charge is 0.255 e. The fraction of sp³-hybridized carbons (Fsp3) is 0.208. The third-order valence-corrected chi connectivity index (χ3v) is 8.46. The standard InChI is InChI=1S/C24H23ClN2O3S2/c25-20-10-12-22(13-11-20)31-17-18-6-8-19(9-7-18)24(28)26-21-4-3-5-23(16-21)32(29,30)27-14-1-2-15-27/h3-13,16H,1-2,14-15,17H2,(H,26,28). The van der Waals surface area contributed by atoms with Gasteiger partial charge in [-0.2, -0.15) is 4.31 Å². The number of anilines is 1. The van der Waals surface area contributed by atoms with Gasteiger partial charge in [0.2, 0.25) is 10.0 Å². The monoisotopic (exact) mass is 486 g/mol. The van der Waals surface area contributed by atoms with Crippen molar-refractivity contribution in [3.63, 3.8) is 0 Å². The molecule has 0 unspecified atom stereocenters. The van der Waals surface area contributed by atoms with Gasteiger partial charge in [0.05, 0.1) is 4.90 Å². The topological polar surface area (TPSA) is 66.5 Å². The number of sulfonamides is 1. The fourth-order valence-corrected chi connectivity index (χ4v) is 6.01. The summed E-state index contributed by atoms with van der Waals surface area (Å²) < 4.78 is 27.0. The van der Waals surface area contributed by atoms with Gasteiger partial charge in [-0.1, -0.05) is 29.8 Å². The first-order chi connectivity index (χ1) is 15.4. The summed E-state index contributed by atoms with van der Waals surface area (Å²) in [5.41, 5.74) is 2.07. The van der Waals surface area contributed by atoms with Crippen LogP contribution in [0.15, 0.2) is 82.6 Å². The minimum absolute atomic E-state index is 0.201. The number of halogens is 1. The number of benzene rings is 3. The summed E-state index contributed by atoms with van der Waals surface area (Å²) in [6, 6.07) is 21.5. The molecule has 0 bridgehead atoms. The van der Waals surface area contributed by atoms with Gasteiger partial charge in [0.15, 0.2) is 0 Å². The van der Waals surface area contributed by atoms with Crippen LogP contribution in [-0.2, 0) is 15.8 Å². The second kappa shape index (κ2) is 10.1. The number of hydrogen-bond acceptors (Lipinski definition) is 4. The van der Waals surface area contributed by atoms with Crippen LogP contribution < -0.4 is 5.32 Å². The van der Waals surface area contributed by atoms with Crippen molar-refractivity contribution in [3.05, 3.63) is 88.9 Å². The van der Waals surface area contributed by atoms with E-state index in [1.165, 1.54) is 10.4 Å². The number of amides is 1. The zero-order valence-electron chi connectivity index (χ0n) is 17.3. The van der Waals surface area contributed by atoms with Crippen molar-refractivity contribution in [3.8, 4) is 0 Å². The molecule has 0 spiro atoms. The molecule has 4 rings (SSSR count). The zero-order chi connectivity index (χ0) is 22.6. The number of nitrogens with zero attached hydrogens (tertiary/aromatic N) is 1. The molecule has 0 atom stereocenters. The lowest BCUT2D eigenvalue weighted by molar-refractivity contribution is 0.102. The highest BCUT2D eigenvalue weighted by Crippen LogP contribution is 2.25. The van der Waals surface area contributed by atoms with Crippen LogP contribution in [0, 0.1) is 0 Å². The minimum Gasteiger partial charge on any atom is -0.322 e. The molecule has 1 aliphatic heterocycles. The molecule has 8 heteroatoms. The second-order valence-corrected chi connectivity index (χ2v) is 11.0. The number of hydrogen-bond donors (Lipinski definition) is 1. The average Bonchev–Trinajstić information content (AvgIpc) is 3.35. The first-order valence-corrected chi connectivity index (χ1v) is 13.1. The third-order valence-electron chi connectivity index (χ3n) is 5.23. The lowest BCUT2D eigenvalue weighted by Crippen LogP contribution is -2.27. The molecule has 0 aliphatic carbocycles. The molecule has 5 nitrogen and oxygen atoms in total. The van der Waals surface area contributed by atoms with Crippen LogP contribution in [0.5, 0.6) is 0 Å². The largest absolute Gasteiger partial charge is 0.322 e. The Hall–Kier alpha value is -2.32. The molecule has 3 aromatic carbocycles. The van der Waals surface area contributed by atoms with Gasteiger partial charge in [-0.25, -0.2) is 8.42 Å². The third kappa shape index (κ3) is 5.53. The number of rotatable bonds is 7. The van der Waals surface area contributed by atoms with Gasteiger partial charge in [0, 0.05) is 40.0 Å². The Kier molecular flexibility index (Phi) is 7.20. The molecular weight excluding hydrogens is 464 g/mol. The van der Waals surface area contributed by atoms with Crippen molar-refractivity contribution in [1.29, 1.82) is 0 Å². The van der Waals surface area contributed by atoms with Gasteiger partial charge < -0.3 is 5.32 Å². The summed E-state index contributed by atoms with van der Waals surface area (Å²) in [5, 5.41) is 3.52.